The topological polar surface area (TPSA) is 118 Å². The van der Waals surface area contributed by atoms with Gasteiger partial charge in [-0.25, -0.2) is 4.79 Å². The fourth-order valence-electron chi connectivity index (χ4n) is 4.12. The van der Waals surface area contributed by atoms with E-state index in [1.54, 1.807) is 56.3 Å². The van der Waals surface area contributed by atoms with E-state index < -0.39 is 17.8 Å². The number of allylic oxidation sites excluding steroid dienone is 1. The van der Waals surface area contributed by atoms with Gasteiger partial charge in [0.15, 0.2) is 0 Å². The third-order valence-electron chi connectivity index (χ3n) is 6.26. The van der Waals surface area contributed by atoms with Crippen LogP contribution in [0.3, 0.4) is 0 Å². The van der Waals surface area contributed by atoms with Crippen molar-refractivity contribution < 1.29 is 28.3 Å². The Morgan fingerprint density at radius 3 is 2.38 bits per heavy atom. The third kappa shape index (κ3) is 5.98. The largest absolute Gasteiger partial charge is 0.462 e. The molecule has 9 heteroatoms. The van der Waals surface area contributed by atoms with Crippen LogP contribution in [0.1, 0.15) is 36.5 Å². The molecule has 1 aromatic heterocycles. The fourth-order valence-corrected chi connectivity index (χ4v) is 4.12. The van der Waals surface area contributed by atoms with Crippen molar-refractivity contribution in [3.05, 3.63) is 100 Å². The molecule has 0 spiro atoms. The first-order chi connectivity index (χ1) is 18.7. The van der Waals surface area contributed by atoms with Crippen LogP contribution in [0, 0.1) is 13.8 Å². The summed E-state index contributed by atoms with van der Waals surface area (Å²) in [6, 6.07) is 17.5. The number of nitrogens with zero attached hydrogens (tertiary/aromatic N) is 1. The van der Waals surface area contributed by atoms with Gasteiger partial charge in [0.05, 0.1) is 24.3 Å². The summed E-state index contributed by atoms with van der Waals surface area (Å²) < 4.78 is 11.0. The Morgan fingerprint density at radius 2 is 1.69 bits per heavy atom. The highest BCUT2D eigenvalue weighted by Gasteiger charge is 2.38. The summed E-state index contributed by atoms with van der Waals surface area (Å²) in [5.41, 5.74) is 3.99. The zero-order valence-corrected chi connectivity index (χ0v) is 22.2. The fraction of sp³-hybridized carbons (Fsp3) is 0.200. The smallest absolute Gasteiger partial charge is 0.340 e. The molecule has 1 aliphatic rings. The molecule has 2 heterocycles. The second-order valence-corrected chi connectivity index (χ2v) is 8.95. The number of benzene rings is 2. The van der Waals surface area contributed by atoms with Crippen LogP contribution in [0.15, 0.2) is 81.9 Å². The molecule has 2 aromatic carbocycles. The number of hydrogen-bond acceptors (Lipinski definition) is 6. The van der Waals surface area contributed by atoms with E-state index in [9.17, 15) is 19.2 Å². The minimum Gasteiger partial charge on any atom is -0.462 e. The number of amides is 3. The minimum atomic E-state index is -0.826. The number of carbonyl (C=O) groups is 4. The predicted octanol–water partition coefficient (Wildman–Crippen LogP) is 4.42. The lowest BCUT2D eigenvalue weighted by Gasteiger charge is -2.19. The summed E-state index contributed by atoms with van der Waals surface area (Å²) in [6.07, 6.45) is 1.48. The van der Waals surface area contributed by atoms with Crippen molar-refractivity contribution in [1.82, 2.24) is 5.32 Å². The molecular formula is C30H29N3O6. The highest BCUT2D eigenvalue weighted by atomic mass is 16.5. The van der Waals surface area contributed by atoms with E-state index in [0.717, 1.165) is 11.1 Å². The molecule has 3 amide bonds. The average molecular weight is 528 g/mol. The van der Waals surface area contributed by atoms with Crippen LogP contribution in [-0.2, 0) is 30.5 Å². The SMILES string of the molecule is CCOC(=O)C1=C(C)N(c2ccc(C)c(C)c2)C(=O)/C1=C/c1ccc(CNC(=O)C(=O)Nc2ccccc2)o1. The van der Waals surface area contributed by atoms with E-state index in [4.69, 9.17) is 9.15 Å². The van der Waals surface area contributed by atoms with Gasteiger partial charge < -0.3 is 19.8 Å². The van der Waals surface area contributed by atoms with Crippen LogP contribution < -0.4 is 15.5 Å². The second kappa shape index (κ2) is 11.6. The highest BCUT2D eigenvalue weighted by Crippen LogP contribution is 2.36. The second-order valence-electron chi connectivity index (χ2n) is 8.95. The van der Waals surface area contributed by atoms with Gasteiger partial charge in [0.2, 0.25) is 0 Å². The Morgan fingerprint density at radius 1 is 0.949 bits per heavy atom. The van der Waals surface area contributed by atoms with Gasteiger partial charge in [-0.2, -0.15) is 0 Å². The molecule has 0 saturated heterocycles. The molecule has 9 nitrogen and oxygen atoms in total. The van der Waals surface area contributed by atoms with Crippen molar-refractivity contribution in [2.75, 3.05) is 16.8 Å². The molecule has 2 N–H and O–H groups in total. The molecule has 0 fully saturated rings. The molecular weight excluding hydrogens is 498 g/mol. The van der Waals surface area contributed by atoms with Gasteiger partial charge in [-0.3, -0.25) is 19.3 Å². The number of rotatable bonds is 7. The molecule has 3 aromatic rings. The molecule has 39 heavy (non-hydrogen) atoms. The first kappa shape index (κ1) is 27.1. The van der Waals surface area contributed by atoms with Crippen LogP contribution in [0.4, 0.5) is 11.4 Å². The van der Waals surface area contributed by atoms with E-state index in [-0.39, 0.29) is 30.2 Å². The number of nitrogens with one attached hydrogen (secondary N) is 2. The Labute approximate surface area is 226 Å². The standard InChI is InChI=1S/C30H29N3O6/c1-5-38-30(37)26-20(4)33(22-12-11-18(2)19(3)15-22)29(36)25(26)16-23-13-14-24(39-23)17-31-27(34)28(35)32-21-9-7-6-8-10-21/h6-16H,5,17H2,1-4H3,(H,31,34)(H,32,35)/b25-16+. The molecule has 1 aliphatic heterocycles. The molecule has 200 valence electrons. The number of hydrogen-bond donors (Lipinski definition) is 2. The summed E-state index contributed by atoms with van der Waals surface area (Å²) in [6.45, 7) is 7.44. The van der Waals surface area contributed by atoms with Gasteiger partial charge in [-0.1, -0.05) is 24.3 Å². The summed E-state index contributed by atoms with van der Waals surface area (Å²) in [5.74, 6) is -1.97. The average Bonchev–Trinajstić information content (AvgIpc) is 3.46. The van der Waals surface area contributed by atoms with Gasteiger partial charge in [-0.05, 0) is 81.3 Å². The van der Waals surface area contributed by atoms with Crippen LogP contribution in [0.2, 0.25) is 0 Å². The summed E-state index contributed by atoms with van der Waals surface area (Å²) in [4.78, 5) is 52.2. The molecule has 0 bridgehead atoms. The van der Waals surface area contributed by atoms with Gasteiger partial charge in [-0.15, -0.1) is 0 Å². The van der Waals surface area contributed by atoms with Gasteiger partial charge in [0, 0.05) is 17.1 Å². The van der Waals surface area contributed by atoms with Crippen LogP contribution in [0.5, 0.6) is 0 Å². The zero-order chi connectivity index (χ0) is 28.1. The molecule has 0 unspecified atom stereocenters. The zero-order valence-electron chi connectivity index (χ0n) is 22.2. The lowest BCUT2D eigenvalue weighted by Crippen LogP contribution is -2.34. The normalized spacial score (nSPS) is 14.1. The van der Waals surface area contributed by atoms with E-state index in [2.05, 4.69) is 10.6 Å². The Balaban J connectivity index is 1.53. The highest BCUT2D eigenvalue weighted by molar-refractivity contribution is 6.39. The molecule has 0 saturated carbocycles. The molecule has 0 radical (unpaired) electrons. The lowest BCUT2D eigenvalue weighted by molar-refractivity contribution is -0.138. The van der Waals surface area contributed by atoms with Crippen molar-refractivity contribution in [1.29, 1.82) is 0 Å². The monoisotopic (exact) mass is 527 g/mol. The third-order valence-corrected chi connectivity index (χ3v) is 6.26. The first-order valence-corrected chi connectivity index (χ1v) is 12.4. The maximum Gasteiger partial charge on any atom is 0.340 e. The molecule has 0 aliphatic carbocycles. The number of para-hydroxylation sites is 1. The minimum absolute atomic E-state index is 0.0491. The maximum atomic E-state index is 13.5. The summed E-state index contributed by atoms with van der Waals surface area (Å²) in [7, 11) is 0. The van der Waals surface area contributed by atoms with Crippen molar-refractivity contribution in [3.63, 3.8) is 0 Å². The van der Waals surface area contributed by atoms with Gasteiger partial charge in [0.25, 0.3) is 5.91 Å². The summed E-state index contributed by atoms with van der Waals surface area (Å²) in [5, 5.41) is 5.01. The number of aryl methyl sites for hydroxylation is 2. The Kier molecular flexibility index (Phi) is 8.10. The van der Waals surface area contributed by atoms with Crippen molar-refractivity contribution in [2.24, 2.45) is 0 Å². The number of esters is 1. The Bertz CT molecular complexity index is 1500. The predicted molar refractivity (Wildman–Crippen MR) is 146 cm³/mol. The maximum absolute atomic E-state index is 13.5. The van der Waals surface area contributed by atoms with Crippen LogP contribution in [-0.4, -0.2) is 30.3 Å². The van der Waals surface area contributed by atoms with Gasteiger partial charge in [0.1, 0.15) is 11.5 Å². The molecule has 4 rings (SSSR count). The van der Waals surface area contributed by atoms with Crippen LogP contribution in [0.25, 0.3) is 6.08 Å². The lowest BCUT2D eigenvalue weighted by atomic mass is 10.1. The van der Waals surface area contributed by atoms with E-state index in [1.165, 1.54) is 11.0 Å². The van der Waals surface area contributed by atoms with E-state index in [0.29, 0.717) is 28.6 Å². The number of ether oxygens (including phenoxy) is 1. The first-order valence-electron chi connectivity index (χ1n) is 12.4. The van der Waals surface area contributed by atoms with Crippen molar-refractivity contribution in [3.8, 4) is 0 Å². The van der Waals surface area contributed by atoms with E-state index in [1.807, 2.05) is 32.0 Å². The number of furan rings is 1. The van der Waals surface area contributed by atoms with Crippen molar-refractivity contribution >= 4 is 41.1 Å². The number of anilines is 2. The Hall–Kier alpha value is -4.92. The van der Waals surface area contributed by atoms with E-state index >= 15 is 0 Å². The van der Waals surface area contributed by atoms with Gasteiger partial charge >= 0.3 is 17.8 Å². The quantitative estimate of drug-likeness (QED) is 0.267. The summed E-state index contributed by atoms with van der Waals surface area (Å²) >= 11 is 0. The van der Waals surface area contributed by atoms with Crippen LogP contribution >= 0.6 is 0 Å². The van der Waals surface area contributed by atoms with Crippen molar-refractivity contribution in [2.45, 2.75) is 34.2 Å². The number of carbonyl (C=O) groups excluding carboxylic acids is 4. The molecule has 0 atom stereocenters.